The average Bonchev–Trinajstić information content (AvgIpc) is 2.15. The Morgan fingerprint density at radius 3 is 2.12 bits per heavy atom. The molecule has 0 heterocycles. The van der Waals surface area contributed by atoms with Gasteiger partial charge in [-0.2, -0.15) is 13.2 Å². The van der Waals surface area contributed by atoms with Gasteiger partial charge < -0.3 is 9.47 Å². The summed E-state index contributed by atoms with van der Waals surface area (Å²) in [5.41, 5.74) is 0. The first-order valence-corrected chi connectivity index (χ1v) is 4.36. The minimum Gasteiger partial charge on any atom is -0.427 e. The molecule has 0 N–H and O–H groups in total. The van der Waals surface area contributed by atoms with Gasteiger partial charge in [0.1, 0.15) is 11.5 Å². The van der Waals surface area contributed by atoms with Crippen LogP contribution in [0.3, 0.4) is 0 Å². The summed E-state index contributed by atoms with van der Waals surface area (Å²) < 4.78 is 44.3. The second kappa shape index (κ2) is 4.86. The van der Waals surface area contributed by atoms with E-state index in [2.05, 4.69) is 9.47 Å². The molecule has 1 rings (SSSR count). The molecule has 0 aliphatic rings. The maximum Gasteiger partial charge on any atom is 0.491 e. The fourth-order valence-electron chi connectivity index (χ4n) is 0.932. The topological polar surface area (TPSA) is 52.6 Å². The van der Waals surface area contributed by atoms with Gasteiger partial charge in [0, 0.05) is 13.0 Å². The average molecular weight is 248 g/mol. The Morgan fingerprint density at radius 1 is 1.12 bits per heavy atom. The van der Waals surface area contributed by atoms with Gasteiger partial charge in [0.05, 0.1) is 0 Å². The Hall–Kier alpha value is -2.05. The van der Waals surface area contributed by atoms with Crippen LogP contribution in [0, 0.1) is 0 Å². The SMILES string of the molecule is CC(=O)Oc1cccc(OC(=O)C(F)(F)F)c1. The molecule has 4 nitrogen and oxygen atoms in total. The second-order valence-corrected chi connectivity index (χ2v) is 2.96. The van der Waals surface area contributed by atoms with Gasteiger partial charge in [-0.1, -0.05) is 6.07 Å². The van der Waals surface area contributed by atoms with E-state index < -0.39 is 18.1 Å². The van der Waals surface area contributed by atoms with Crippen molar-refractivity contribution >= 4 is 11.9 Å². The highest BCUT2D eigenvalue weighted by Crippen LogP contribution is 2.23. The number of hydrogen-bond acceptors (Lipinski definition) is 4. The third kappa shape index (κ3) is 4.13. The number of alkyl halides is 3. The number of hydrogen-bond donors (Lipinski definition) is 0. The van der Waals surface area contributed by atoms with Crippen LogP contribution in [0.1, 0.15) is 6.92 Å². The molecule has 17 heavy (non-hydrogen) atoms. The highest BCUT2D eigenvalue weighted by Gasteiger charge is 2.41. The van der Waals surface area contributed by atoms with E-state index in [1.807, 2.05) is 0 Å². The Bertz CT molecular complexity index is 439. The first kappa shape index (κ1) is 13.0. The van der Waals surface area contributed by atoms with Crippen molar-refractivity contribution < 1.29 is 32.2 Å². The van der Waals surface area contributed by atoms with Crippen LogP contribution >= 0.6 is 0 Å². The maximum absolute atomic E-state index is 11.9. The minimum absolute atomic E-state index is 0.00928. The summed E-state index contributed by atoms with van der Waals surface area (Å²) in [6.45, 7) is 1.13. The van der Waals surface area contributed by atoms with Crippen molar-refractivity contribution in [2.45, 2.75) is 13.1 Å². The van der Waals surface area contributed by atoms with Gasteiger partial charge in [-0.25, -0.2) is 4.79 Å². The van der Waals surface area contributed by atoms with Crippen LogP contribution in [0.15, 0.2) is 24.3 Å². The molecule has 0 bridgehead atoms. The van der Waals surface area contributed by atoms with Crippen LogP contribution in [0.5, 0.6) is 11.5 Å². The van der Waals surface area contributed by atoms with Crippen molar-refractivity contribution in [3.05, 3.63) is 24.3 Å². The third-order valence-corrected chi connectivity index (χ3v) is 1.51. The van der Waals surface area contributed by atoms with Crippen molar-refractivity contribution in [2.24, 2.45) is 0 Å². The first-order chi connectivity index (χ1) is 7.79. The second-order valence-electron chi connectivity index (χ2n) is 2.96. The van der Waals surface area contributed by atoms with Crippen LogP contribution < -0.4 is 9.47 Å². The highest BCUT2D eigenvalue weighted by molar-refractivity contribution is 5.78. The molecule has 0 aliphatic heterocycles. The molecule has 0 aliphatic carbocycles. The summed E-state index contributed by atoms with van der Waals surface area (Å²) in [4.78, 5) is 21.1. The van der Waals surface area contributed by atoms with Gasteiger partial charge in [0.15, 0.2) is 0 Å². The zero-order valence-corrected chi connectivity index (χ0v) is 8.58. The van der Waals surface area contributed by atoms with E-state index in [4.69, 9.17) is 0 Å². The predicted molar refractivity (Wildman–Crippen MR) is 49.4 cm³/mol. The third-order valence-electron chi connectivity index (χ3n) is 1.51. The van der Waals surface area contributed by atoms with E-state index in [0.717, 1.165) is 19.1 Å². The molecule has 0 unspecified atom stereocenters. The number of halogens is 3. The normalized spacial score (nSPS) is 10.8. The van der Waals surface area contributed by atoms with E-state index in [0.29, 0.717) is 0 Å². The molecule has 0 atom stereocenters. The van der Waals surface area contributed by atoms with Crippen LogP contribution in [0.25, 0.3) is 0 Å². The van der Waals surface area contributed by atoms with E-state index in [1.54, 1.807) is 0 Å². The lowest BCUT2D eigenvalue weighted by Crippen LogP contribution is -2.27. The molecule has 0 aromatic heterocycles. The van der Waals surface area contributed by atoms with Crippen LogP contribution in [-0.2, 0) is 9.59 Å². The predicted octanol–water partition coefficient (Wildman–Crippen LogP) is 2.08. The molecule has 0 saturated carbocycles. The molecule has 0 saturated heterocycles. The number of esters is 2. The quantitative estimate of drug-likeness (QED) is 0.594. The van der Waals surface area contributed by atoms with E-state index in [9.17, 15) is 22.8 Å². The number of benzene rings is 1. The van der Waals surface area contributed by atoms with Crippen LogP contribution in [0.2, 0.25) is 0 Å². The molecule has 0 radical (unpaired) electrons. The summed E-state index contributed by atoms with van der Waals surface area (Å²) in [5, 5.41) is 0. The molecule has 0 spiro atoms. The summed E-state index contributed by atoms with van der Waals surface area (Å²) >= 11 is 0. The lowest BCUT2D eigenvalue weighted by Gasteiger charge is -2.07. The molecular formula is C10H7F3O4. The number of carbonyl (C=O) groups is 2. The molecule has 0 amide bonds. The largest absolute Gasteiger partial charge is 0.491 e. The molecule has 0 fully saturated rings. The summed E-state index contributed by atoms with van der Waals surface area (Å²) in [6, 6.07) is 4.77. The number of rotatable bonds is 2. The smallest absolute Gasteiger partial charge is 0.427 e. The zero-order chi connectivity index (χ0) is 13.1. The van der Waals surface area contributed by atoms with E-state index in [1.165, 1.54) is 12.1 Å². The fourth-order valence-corrected chi connectivity index (χ4v) is 0.932. The van der Waals surface area contributed by atoms with Gasteiger partial charge in [-0.3, -0.25) is 4.79 Å². The fraction of sp³-hybridized carbons (Fsp3) is 0.200. The molecule has 1 aromatic carbocycles. The lowest BCUT2D eigenvalue weighted by atomic mass is 10.3. The van der Waals surface area contributed by atoms with E-state index >= 15 is 0 Å². The van der Waals surface area contributed by atoms with Gasteiger partial charge in [-0.15, -0.1) is 0 Å². The number of carbonyl (C=O) groups excluding carboxylic acids is 2. The summed E-state index contributed by atoms with van der Waals surface area (Å²) in [5.74, 6) is -3.34. The lowest BCUT2D eigenvalue weighted by molar-refractivity contribution is -0.189. The first-order valence-electron chi connectivity index (χ1n) is 4.36. The molecule has 7 heteroatoms. The van der Waals surface area contributed by atoms with Crippen molar-refractivity contribution in [2.75, 3.05) is 0 Å². The van der Waals surface area contributed by atoms with Crippen LogP contribution in [0.4, 0.5) is 13.2 Å². The highest BCUT2D eigenvalue weighted by atomic mass is 19.4. The van der Waals surface area contributed by atoms with Gasteiger partial charge in [0.25, 0.3) is 0 Å². The summed E-state index contributed by atoms with van der Waals surface area (Å²) in [6.07, 6.45) is -5.07. The van der Waals surface area contributed by atoms with Crippen molar-refractivity contribution in [3.8, 4) is 11.5 Å². The zero-order valence-electron chi connectivity index (χ0n) is 8.58. The Kier molecular flexibility index (Phi) is 3.72. The number of ether oxygens (including phenoxy) is 2. The maximum atomic E-state index is 11.9. The summed E-state index contributed by atoms with van der Waals surface area (Å²) in [7, 11) is 0. The van der Waals surface area contributed by atoms with E-state index in [-0.39, 0.29) is 11.5 Å². The van der Waals surface area contributed by atoms with Crippen molar-refractivity contribution in [1.82, 2.24) is 0 Å². The van der Waals surface area contributed by atoms with Crippen LogP contribution in [-0.4, -0.2) is 18.1 Å². The minimum atomic E-state index is -5.07. The van der Waals surface area contributed by atoms with Crippen molar-refractivity contribution in [3.63, 3.8) is 0 Å². The molecular weight excluding hydrogens is 241 g/mol. The Labute approximate surface area is 93.9 Å². The van der Waals surface area contributed by atoms with Gasteiger partial charge in [0.2, 0.25) is 0 Å². The van der Waals surface area contributed by atoms with Gasteiger partial charge >= 0.3 is 18.1 Å². The van der Waals surface area contributed by atoms with Crippen molar-refractivity contribution in [1.29, 1.82) is 0 Å². The molecule has 1 aromatic rings. The monoisotopic (exact) mass is 248 g/mol. The Balaban J connectivity index is 2.79. The van der Waals surface area contributed by atoms with Gasteiger partial charge in [-0.05, 0) is 12.1 Å². The molecule has 92 valence electrons. The Morgan fingerprint density at radius 2 is 1.65 bits per heavy atom. The standard InChI is InChI=1S/C10H7F3O4/c1-6(14)16-7-3-2-4-8(5-7)17-9(15)10(11,12)13/h2-5H,1H3.